The lowest BCUT2D eigenvalue weighted by molar-refractivity contribution is 0.0342. The first-order valence-corrected chi connectivity index (χ1v) is 11.6. The molecule has 4 rings (SSSR count). The standard InChI is InChI=1S/C24H28N4O3.C2H6/c1-16-4-6-18(7-5-16)14-25-24(30)21-23(29)20-13-19(15-28-8-10-31-11-9-28)12-17(2)22(20)27(3)26-21;1-2/h4-7,12-13H,8-11,14-15H2,1-3H3,(H,25,30);1-2H3. The number of carbonyl (C=O) groups excluding carboxylic acids is 1. The van der Waals surface area contributed by atoms with Crippen LogP contribution in [0, 0.1) is 13.8 Å². The third kappa shape index (κ3) is 5.86. The van der Waals surface area contributed by atoms with E-state index >= 15 is 0 Å². The van der Waals surface area contributed by atoms with E-state index in [9.17, 15) is 9.59 Å². The minimum atomic E-state index is -0.459. The Kier molecular flexibility index (Phi) is 8.36. The Morgan fingerprint density at radius 2 is 1.73 bits per heavy atom. The van der Waals surface area contributed by atoms with Crippen molar-refractivity contribution in [2.24, 2.45) is 7.05 Å². The number of hydrogen-bond acceptors (Lipinski definition) is 5. The summed E-state index contributed by atoms with van der Waals surface area (Å²) >= 11 is 0. The number of hydrogen-bond donors (Lipinski definition) is 1. The van der Waals surface area contributed by atoms with E-state index < -0.39 is 5.91 Å². The van der Waals surface area contributed by atoms with Gasteiger partial charge in [-0.15, -0.1) is 0 Å². The zero-order valence-corrected chi connectivity index (χ0v) is 20.3. The highest BCUT2D eigenvalue weighted by Crippen LogP contribution is 2.19. The Morgan fingerprint density at radius 1 is 1.06 bits per heavy atom. The Morgan fingerprint density at radius 3 is 2.39 bits per heavy atom. The number of amides is 1. The van der Waals surface area contributed by atoms with Crippen LogP contribution in [-0.2, 0) is 24.9 Å². The van der Waals surface area contributed by atoms with Gasteiger partial charge in [0.2, 0.25) is 5.43 Å². The molecule has 1 aliphatic heterocycles. The number of fused-ring (bicyclic) bond motifs is 1. The molecule has 1 aliphatic rings. The van der Waals surface area contributed by atoms with Crippen molar-refractivity contribution >= 4 is 16.8 Å². The molecule has 0 radical (unpaired) electrons. The summed E-state index contributed by atoms with van der Waals surface area (Å²) in [5.74, 6) is -0.459. The summed E-state index contributed by atoms with van der Waals surface area (Å²) in [5, 5.41) is 7.65. The topological polar surface area (TPSA) is 76.5 Å². The highest BCUT2D eigenvalue weighted by atomic mass is 16.5. The number of ether oxygens (including phenoxy) is 1. The van der Waals surface area contributed by atoms with E-state index in [0.29, 0.717) is 11.9 Å². The fourth-order valence-electron chi connectivity index (χ4n) is 4.06. The van der Waals surface area contributed by atoms with Gasteiger partial charge >= 0.3 is 0 Å². The highest BCUT2D eigenvalue weighted by Gasteiger charge is 2.19. The molecule has 2 aromatic carbocycles. The number of nitrogens with one attached hydrogen (secondary N) is 1. The third-order valence-corrected chi connectivity index (χ3v) is 5.69. The lowest BCUT2D eigenvalue weighted by atomic mass is 10.0. The monoisotopic (exact) mass is 450 g/mol. The van der Waals surface area contributed by atoms with Gasteiger partial charge in [-0.25, -0.2) is 0 Å². The van der Waals surface area contributed by atoms with Gasteiger partial charge in [0.15, 0.2) is 5.69 Å². The molecule has 1 aromatic heterocycles. The van der Waals surface area contributed by atoms with Crippen molar-refractivity contribution in [1.82, 2.24) is 20.0 Å². The van der Waals surface area contributed by atoms with Crippen molar-refractivity contribution in [2.75, 3.05) is 26.3 Å². The first-order valence-electron chi connectivity index (χ1n) is 11.6. The number of morpholine rings is 1. The summed E-state index contributed by atoms with van der Waals surface area (Å²) in [4.78, 5) is 28.3. The fraction of sp³-hybridized carbons (Fsp3) is 0.423. The summed E-state index contributed by atoms with van der Waals surface area (Å²) in [6.45, 7) is 12.3. The zero-order chi connectivity index (χ0) is 24.0. The van der Waals surface area contributed by atoms with Gasteiger partial charge in [0.05, 0.1) is 24.1 Å². The van der Waals surface area contributed by atoms with E-state index in [-0.39, 0.29) is 11.1 Å². The molecule has 176 valence electrons. The molecule has 1 N–H and O–H groups in total. The molecule has 1 fully saturated rings. The maximum atomic E-state index is 13.2. The lowest BCUT2D eigenvalue weighted by Gasteiger charge is -2.26. The SMILES string of the molecule is CC.Cc1ccc(CNC(=O)c2nn(C)c3c(C)cc(CN4CCOCC4)cc3c2=O)cc1. The summed E-state index contributed by atoms with van der Waals surface area (Å²) in [7, 11) is 1.77. The summed E-state index contributed by atoms with van der Waals surface area (Å²) < 4.78 is 7.05. The van der Waals surface area contributed by atoms with Gasteiger partial charge in [0.25, 0.3) is 5.91 Å². The molecule has 2 heterocycles. The number of carbonyl (C=O) groups is 1. The predicted octanol–water partition coefficient (Wildman–Crippen LogP) is 3.34. The van der Waals surface area contributed by atoms with E-state index in [2.05, 4.69) is 21.4 Å². The molecule has 0 spiro atoms. The van der Waals surface area contributed by atoms with Gasteiger partial charge in [-0.1, -0.05) is 49.7 Å². The van der Waals surface area contributed by atoms with Crippen LogP contribution in [0.1, 0.15) is 46.6 Å². The van der Waals surface area contributed by atoms with Crippen LogP contribution >= 0.6 is 0 Å². The van der Waals surface area contributed by atoms with E-state index in [1.54, 1.807) is 11.7 Å². The van der Waals surface area contributed by atoms with Crippen molar-refractivity contribution in [3.63, 3.8) is 0 Å². The minimum Gasteiger partial charge on any atom is -0.379 e. The Labute approximate surface area is 195 Å². The normalized spacial score (nSPS) is 14.0. The summed E-state index contributed by atoms with van der Waals surface area (Å²) in [5.41, 5.74) is 4.50. The maximum Gasteiger partial charge on any atom is 0.276 e. The van der Waals surface area contributed by atoms with E-state index in [1.807, 2.05) is 58.0 Å². The molecule has 1 saturated heterocycles. The quantitative estimate of drug-likeness (QED) is 0.645. The molecule has 3 aromatic rings. The summed E-state index contributed by atoms with van der Waals surface area (Å²) in [6.07, 6.45) is 0. The fourth-order valence-corrected chi connectivity index (χ4v) is 4.06. The molecule has 33 heavy (non-hydrogen) atoms. The number of rotatable bonds is 5. The van der Waals surface area contributed by atoms with Crippen LogP contribution in [-0.4, -0.2) is 46.9 Å². The molecule has 7 nitrogen and oxygen atoms in total. The van der Waals surface area contributed by atoms with Gasteiger partial charge in [0, 0.05) is 33.2 Å². The van der Waals surface area contributed by atoms with E-state index in [4.69, 9.17) is 4.74 Å². The number of nitrogens with zero attached hydrogens (tertiary/aromatic N) is 3. The van der Waals surface area contributed by atoms with Crippen molar-refractivity contribution in [3.05, 3.63) is 74.6 Å². The molecule has 7 heteroatoms. The second-order valence-corrected chi connectivity index (χ2v) is 8.17. The average Bonchev–Trinajstić information content (AvgIpc) is 2.82. The Hall–Kier alpha value is -3.03. The molecular formula is C26H34N4O3. The average molecular weight is 451 g/mol. The van der Waals surface area contributed by atoms with Crippen LogP contribution in [0.15, 0.2) is 41.2 Å². The number of benzene rings is 2. The van der Waals surface area contributed by atoms with Gasteiger partial charge in [-0.2, -0.15) is 5.10 Å². The smallest absolute Gasteiger partial charge is 0.276 e. The van der Waals surface area contributed by atoms with E-state index in [0.717, 1.165) is 60.6 Å². The molecule has 0 unspecified atom stereocenters. The largest absolute Gasteiger partial charge is 0.379 e. The second kappa shape index (κ2) is 11.2. The first kappa shape index (κ1) is 24.6. The Balaban J connectivity index is 0.00000149. The highest BCUT2D eigenvalue weighted by molar-refractivity contribution is 5.95. The van der Waals surface area contributed by atoms with Gasteiger partial charge in [-0.05, 0) is 36.6 Å². The summed E-state index contributed by atoms with van der Waals surface area (Å²) in [6, 6.07) is 11.9. The van der Waals surface area contributed by atoms with E-state index in [1.165, 1.54) is 0 Å². The first-order chi connectivity index (χ1) is 15.9. The van der Waals surface area contributed by atoms with Crippen LogP contribution in [0.5, 0.6) is 0 Å². The molecule has 0 saturated carbocycles. The Bertz CT molecular complexity index is 1160. The molecule has 0 bridgehead atoms. The molecule has 0 aliphatic carbocycles. The molecule has 1 amide bonds. The van der Waals surface area contributed by atoms with Gasteiger partial charge in [-0.3, -0.25) is 19.2 Å². The maximum absolute atomic E-state index is 13.2. The predicted molar refractivity (Wildman–Crippen MR) is 132 cm³/mol. The van der Waals surface area contributed by atoms with Crippen molar-refractivity contribution in [1.29, 1.82) is 0 Å². The van der Waals surface area contributed by atoms with Crippen LogP contribution in [0.3, 0.4) is 0 Å². The van der Waals surface area contributed by atoms with Gasteiger partial charge in [0.1, 0.15) is 0 Å². The van der Waals surface area contributed by atoms with Crippen LogP contribution < -0.4 is 10.7 Å². The zero-order valence-electron chi connectivity index (χ0n) is 20.3. The van der Waals surface area contributed by atoms with Crippen LogP contribution in [0.2, 0.25) is 0 Å². The van der Waals surface area contributed by atoms with Gasteiger partial charge < -0.3 is 10.1 Å². The van der Waals surface area contributed by atoms with Crippen molar-refractivity contribution < 1.29 is 9.53 Å². The van der Waals surface area contributed by atoms with Crippen molar-refractivity contribution in [2.45, 2.75) is 40.8 Å². The number of aromatic nitrogens is 2. The molecule has 0 atom stereocenters. The second-order valence-electron chi connectivity index (χ2n) is 8.17. The van der Waals surface area contributed by atoms with Crippen LogP contribution in [0.25, 0.3) is 10.9 Å². The minimum absolute atomic E-state index is 0.0787. The lowest BCUT2D eigenvalue weighted by Crippen LogP contribution is -2.35. The third-order valence-electron chi connectivity index (χ3n) is 5.69. The number of aryl methyl sites for hydroxylation is 3. The molecular weight excluding hydrogens is 416 g/mol. The van der Waals surface area contributed by atoms with Crippen molar-refractivity contribution in [3.8, 4) is 0 Å². The van der Waals surface area contributed by atoms with Crippen LogP contribution in [0.4, 0.5) is 0 Å².